The van der Waals surface area contributed by atoms with Crippen LogP contribution in [0.15, 0.2) is 48.5 Å². The van der Waals surface area contributed by atoms with Crippen LogP contribution >= 0.6 is 11.6 Å². The van der Waals surface area contributed by atoms with Crippen molar-refractivity contribution in [1.29, 1.82) is 5.26 Å². The molecule has 0 spiro atoms. The van der Waals surface area contributed by atoms with Crippen molar-refractivity contribution in [2.45, 2.75) is 6.92 Å². The molecule has 150 valence electrons. The minimum atomic E-state index is -0.795. The fraction of sp³-hybridized carbons (Fsp3) is 0.100. The first kappa shape index (κ1) is 20.7. The largest absolute Gasteiger partial charge is 0.451 e. The maximum atomic E-state index is 12.7. The number of hydrogen-bond donors (Lipinski definition) is 1. The highest BCUT2D eigenvalue weighted by Crippen LogP contribution is 2.20. The number of tetrazole rings is 1. The molecule has 1 amide bonds. The molecule has 0 bridgehead atoms. The molecule has 0 saturated heterocycles. The van der Waals surface area contributed by atoms with Crippen LogP contribution in [0.1, 0.15) is 17.0 Å². The number of ether oxygens (including phenoxy) is 1. The van der Waals surface area contributed by atoms with E-state index in [1.807, 2.05) is 24.3 Å². The molecule has 1 N–H and O–H groups in total. The average Bonchev–Trinajstić information content (AvgIpc) is 3.16. The molecule has 30 heavy (non-hydrogen) atoms. The number of amides is 1. The van der Waals surface area contributed by atoms with Crippen molar-refractivity contribution < 1.29 is 14.3 Å². The summed E-state index contributed by atoms with van der Waals surface area (Å²) in [7, 11) is 0. The Kier molecular flexibility index (Phi) is 6.52. The monoisotopic (exact) mass is 422 g/mol. The Morgan fingerprint density at radius 2 is 2.03 bits per heavy atom. The van der Waals surface area contributed by atoms with Crippen molar-refractivity contribution in [3.05, 3.63) is 70.5 Å². The van der Waals surface area contributed by atoms with Crippen LogP contribution in [0, 0.1) is 18.3 Å². The normalized spacial score (nSPS) is 10.9. The number of halogens is 1. The molecular formula is C20H15ClN6O3. The van der Waals surface area contributed by atoms with Gasteiger partial charge in [0.1, 0.15) is 6.07 Å². The molecule has 0 aliphatic rings. The number of carbonyl (C=O) groups is 2. The Morgan fingerprint density at radius 3 is 2.70 bits per heavy atom. The summed E-state index contributed by atoms with van der Waals surface area (Å²) in [4.78, 5) is 24.9. The SMILES string of the molecule is Cc1nnnn1/C(=C\c1ccccc1)C(=O)OCC(=O)Nc1cc(Cl)ccc1C#N. The van der Waals surface area contributed by atoms with Crippen LogP contribution in [-0.2, 0) is 14.3 Å². The lowest BCUT2D eigenvalue weighted by Crippen LogP contribution is -2.23. The fourth-order valence-electron chi connectivity index (χ4n) is 2.48. The molecule has 0 fully saturated rings. The lowest BCUT2D eigenvalue weighted by atomic mass is 10.2. The van der Waals surface area contributed by atoms with Crippen LogP contribution in [0.4, 0.5) is 5.69 Å². The number of hydrogen-bond acceptors (Lipinski definition) is 7. The maximum absolute atomic E-state index is 12.7. The standard InChI is InChI=1S/C20H15ClN6O3/c1-13-24-25-26-27(13)18(9-14-5-3-2-4-6-14)20(29)30-12-19(28)23-17-10-16(21)8-7-15(17)11-22/h2-10H,12H2,1H3,(H,23,28)/b18-9-. The van der Waals surface area contributed by atoms with Gasteiger partial charge in [-0.05, 0) is 47.2 Å². The molecule has 0 atom stereocenters. The van der Waals surface area contributed by atoms with Gasteiger partial charge in [-0.1, -0.05) is 41.9 Å². The molecule has 2 aromatic carbocycles. The topological polar surface area (TPSA) is 123 Å². The summed E-state index contributed by atoms with van der Waals surface area (Å²) in [6.07, 6.45) is 1.55. The highest BCUT2D eigenvalue weighted by molar-refractivity contribution is 6.31. The van der Waals surface area contributed by atoms with Crippen LogP contribution in [0.2, 0.25) is 5.02 Å². The number of anilines is 1. The van der Waals surface area contributed by atoms with E-state index in [4.69, 9.17) is 21.6 Å². The van der Waals surface area contributed by atoms with E-state index in [9.17, 15) is 9.59 Å². The predicted octanol–water partition coefficient (Wildman–Crippen LogP) is 2.69. The van der Waals surface area contributed by atoms with Crippen molar-refractivity contribution in [2.75, 3.05) is 11.9 Å². The molecule has 0 unspecified atom stereocenters. The van der Waals surface area contributed by atoms with Crippen molar-refractivity contribution in [2.24, 2.45) is 0 Å². The van der Waals surface area contributed by atoms with Gasteiger partial charge in [-0.15, -0.1) is 5.10 Å². The van der Waals surface area contributed by atoms with Gasteiger partial charge in [0, 0.05) is 5.02 Å². The molecule has 0 aliphatic heterocycles. The molecule has 3 aromatic rings. The lowest BCUT2D eigenvalue weighted by molar-refractivity contribution is -0.141. The predicted molar refractivity (Wildman–Crippen MR) is 109 cm³/mol. The van der Waals surface area contributed by atoms with Crippen LogP contribution in [0.5, 0.6) is 0 Å². The maximum Gasteiger partial charge on any atom is 0.357 e. The second kappa shape index (κ2) is 9.45. The number of aryl methyl sites for hydroxylation is 1. The number of nitrogens with one attached hydrogen (secondary N) is 1. The Hall–Kier alpha value is -4.03. The number of rotatable bonds is 6. The Morgan fingerprint density at radius 1 is 1.27 bits per heavy atom. The lowest BCUT2D eigenvalue weighted by Gasteiger charge is -2.10. The van der Waals surface area contributed by atoms with Crippen molar-refractivity contribution >= 4 is 40.9 Å². The summed E-state index contributed by atoms with van der Waals surface area (Å²) < 4.78 is 6.36. The molecule has 3 rings (SSSR count). The van der Waals surface area contributed by atoms with Crippen molar-refractivity contribution in [3.8, 4) is 6.07 Å². The highest BCUT2D eigenvalue weighted by Gasteiger charge is 2.19. The molecule has 0 saturated carbocycles. The van der Waals surface area contributed by atoms with Crippen molar-refractivity contribution in [1.82, 2.24) is 20.2 Å². The molecule has 1 aromatic heterocycles. The third kappa shape index (κ3) is 5.06. The van der Waals surface area contributed by atoms with Gasteiger partial charge in [0.05, 0.1) is 11.3 Å². The average molecular weight is 423 g/mol. The van der Waals surface area contributed by atoms with E-state index in [0.717, 1.165) is 5.56 Å². The van der Waals surface area contributed by atoms with Gasteiger partial charge in [-0.25, -0.2) is 4.79 Å². The highest BCUT2D eigenvalue weighted by atomic mass is 35.5. The summed E-state index contributed by atoms with van der Waals surface area (Å²) in [5.41, 5.74) is 1.22. The van der Waals surface area contributed by atoms with Gasteiger partial charge < -0.3 is 10.1 Å². The third-order valence-electron chi connectivity index (χ3n) is 3.88. The first-order chi connectivity index (χ1) is 14.5. The van der Waals surface area contributed by atoms with Crippen LogP contribution in [-0.4, -0.2) is 38.7 Å². The van der Waals surface area contributed by atoms with Crippen LogP contribution in [0.25, 0.3) is 11.8 Å². The second-order valence-electron chi connectivity index (χ2n) is 6.00. The van der Waals surface area contributed by atoms with Gasteiger partial charge in [0.25, 0.3) is 5.91 Å². The quantitative estimate of drug-likeness (QED) is 0.478. The number of carbonyl (C=O) groups excluding carboxylic acids is 2. The van der Waals surface area contributed by atoms with E-state index in [2.05, 4.69) is 20.8 Å². The smallest absolute Gasteiger partial charge is 0.357 e. The Balaban J connectivity index is 1.75. The molecule has 0 aliphatic carbocycles. The number of benzene rings is 2. The van der Waals surface area contributed by atoms with E-state index in [0.29, 0.717) is 10.8 Å². The Bertz CT molecular complexity index is 1150. The summed E-state index contributed by atoms with van der Waals surface area (Å²) in [6, 6.07) is 15.4. The number of esters is 1. The fourth-order valence-corrected chi connectivity index (χ4v) is 2.65. The first-order valence-electron chi connectivity index (χ1n) is 8.66. The zero-order chi connectivity index (χ0) is 21.5. The van der Waals surface area contributed by atoms with E-state index in [1.54, 1.807) is 25.1 Å². The minimum absolute atomic E-state index is 0.0389. The van der Waals surface area contributed by atoms with E-state index in [1.165, 1.54) is 22.9 Å². The summed E-state index contributed by atoms with van der Waals surface area (Å²) in [5, 5.41) is 23.1. The minimum Gasteiger partial charge on any atom is -0.451 e. The molecular weight excluding hydrogens is 408 g/mol. The summed E-state index contributed by atoms with van der Waals surface area (Å²) in [5.74, 6) is -1.05. The third-order valence-corrected chi connectivity index (χ3v) is 4.11. The first-order valence-corrected chi connectivity index (χ1v) is 9.04. The second-order valence-corrected chi connectivity index (χ2v) is 6.44. The molecule has 9 nitrogen and oxygen atoms in total. The zero-order valence-electron chi connectivity index (χ0n) is 15.7. The van der Waals surface area contributed by atoms with Crippen molar-refractivity contribution in [3.63, 3.8) is 0 Å². The van der Waals surface area contributed by atoms with E-state index < -0.39 is 18.5 Å². The Labute approximate surface area is 176 Å². The van der Waals surface area contributed by atoms with Gasteiger partial charge >= 0.3 is 5.97 Å². The zero-order valence-corrected chi connectivity index (χ0v) is 16.5. The molecule has 10 heteroatoms. The number of aromatic nitrogens is 4. The summed E-state index contributed by atoms with van der Waals surface area (Å²) >= 11 is 5.90. The van der Waals surface area contributed by atoms with Gasteiger partial charge in [0.2, 0.25) is 0 Å². The molecule has 1 heterocycles. The summed E-state index contributed by atoms with van der Waals surface area (Å²) in [6.45, 7) is 1.05. The molecule has 0 radical (unpaired) electrons. The number of nitrogens with zero attached hydrogens (tertiary/aromatic N) is 5. The van der Waals surface area contributed by atoms with Crippen LogP contribution < -0.4 is 5.32 Å². The van der Waals surface area contributed by atoms with Crippen LogP contribution in [0.3, 0.4) is 0 Å². The van der Waals surface area contributed by atoms with Gasteiger partial charge in [-0.3, -0.25) is 4.79 Å². The van der Waals surface area contributed by atoms with Gasteiger partial charge in [0.15, 0.2) is 18.1 Å². The van der Waals surface area contributed by atoms with E-state index in [-0.39, 0.29) is 16.9 Å². The number of nitriles is 1. The van der Waals surface area contributed by atoms with E-state index >= 15 is 0 Å². The van der Waals surface area contributed by atoms with Gasteiger partial charge in [-0.2, -0.15) is 9.94 Å².